The Bertz CT molecular complexity index is 1230. The lowest BCUT2D eigenvalue weighted by Crippen LogP contribution is -2.21. The fraction of sp³-hybridized carbons (Fsp3) is 0.167. The number of H-pyrrole nitrogens is 1. The van der Waals surface area contributed by atoms with E-state index in [4.69, 9.17) is 14.2 Å². The van der Waals surface area contributed by atoms with Gasteiger partial charge in [0.05, 0.1) is 21.3 Å². The first kappa shape index (κ1) is 21.2. The van der Waals surface area contributed by atoms with Gasteiger partial charge in [0.1, 0.15) is 23.4 Å². The van der Waals surface area contributed by atoms with Crippen molar-refractivity contribution in [2.75, 3.05) is 26.6 Å². The number of aromatic amines is 1. The Kier molecular flexibility index (Phi) is 5.93. The van der Waals surface area contributed by atoms with Crippen LogP contribution in [0.15, 0.2) is 60.9 Å². The van der Waals surface area contributed by atoms with Gasteiger partial charge in [0.25, 0.3) is 0 Å². The molecule has 8 heteroatoms. The Balaban J connectivity index is 1.78. The molecule has 0 spiro atoms. The van der Waals surface area contributed by atoms with Gasteiger partial charge in [0.2, 0.25) is 5.88 Å². The van der Waals surface area contributed by atoms with Crippen LogP contribution in [-0.4, -0.2) is 37.1 Å². The summed E-state index contributed by atoms with van der Waals surface area (Å²) in [4.78, 5) is 20.9. The van der Waals surface area contributed by atoms with Gasteiger partial charge in [-0.25, -0.2) is 9.37 Å². The van der Waals surface area contributed by atoms with Crippen LogP contribution < -0.4 is 19.5 Å². The van der Waals surface area contributed by atoms with E-state index in [9.17, 15) is 9.18 Å². The molecule has 4 aromatic rings. The number of methoxy groups -OCH3 is 3. The summed E-state index contributed by atoms with van der Waals surface area (Å²) in [5.74, 6) is 0.896. The van der Waals surface area contributed by atoms with Crippen LogP contribution in [0.3, 0.4) is 0 Å². The molecule has 164 valence electrons. The first-order valence-electron chi connectivity index (χ1n) is 9.82. The number of ketones is 1. The summed E-state index contributed by atoms with van der Waals surface area (Å²) in [6, 6.07) is 12.2. The third kappa shape index (κ3) is 4.20. The average Bonchev–Trinajstić information content (AvgIpc) is 3.25. The van der Waals surface area contributed by atoms with E-state index in [2.05, 4.69) is 15.3 Å². The molecule has 0 fully saturated rings. The van der Waals surface area contributed by atoms with Crippen molar-refractivity contribution in [1.82, 2.24) is 9.97 Å². The number of fused-ring (bicyclic) bond motifs is 1. The highest BCUT2D eigenvalue weighted by molar-refractivity contribution is 6.11. The van der Waals surface area contributed by atoms with Crippen LogP contribution in [0, 0.1) is 5.82 Å². The van der Waals surface area contributed by atoms with Gasteiger partial charge in [0, 0.05) is 64.4 Å². The minimum absolute atomic E-state index is 0.254. The standard InChI is InChI=1S/C24H22FN3O4/c1-30-17-9-16(10-18(11-17)31-2)28-23(14-4-7-22(32-3)27-12-14)24(29)20-13-26-21-6-5-15(25)8-19(20)21/h4-13,23,26,28H,1-3H3. The zero-order chi connectivity index (χ0) is 22.7. The summed E-state index contributed by atoms with van der Waals surface area (Å²) in [5.41, 5.74) is 2.26. The van der Waals surface area contributed by atoms with Crippen LogP contribution in [0.5, 0.6) is 17.4 Å². The molecule has 4 rings (SSSR count). The first-order valence-corrected chi connectivity index (χ1v) is 9.82. The quantitative estimate of drug-likeness (QED) is 0.388. The summed E-state index contributed by atoms with van der Waals surface area (Å²) in [5, 5.41) is 3.76. The molecule has 2 N–H and O–H groups in total. The summed E-state index contributed by atoms with van der Waals surface area (Å²) in [7, 11) is 4.62. The Morgan fingerprint density at radius 2 is 1.75 bits per heavy atom. The number of anilines is 1. The fourth-order valence-electron chi connectivity index (χ4n) is 3.49. The maximum atomic E-state index is 13.9. The smallest absolute Gasteiger partial charge is 0.212 e. The number of nitrogens with one attached hydrogen (secondary N) is 2. The Hall–Kier alpha value is -4.07. The van der Waals surface area contributed by atoms with Crippen molar-refractivity contribution in [1.29, 1.82) is 0 Å². The lowest BCUT2D eigenvalue weighted by molar-refractivity contribution is 0.0971. The van der Waals surface area contributed by atoms with Gasteiger partial charge in [-0.3, -0.25) is 4.79 Å². The summed E-state index contributed by atoms with van der Waals surface area (Å²) < 4.78 is 29.7. The fourth-order valence-corrected chi connectivity index (χ4v) is 3.49. The monoisotopic (exact) mass is 435 g/mol. The molecule has 0 radical (unpaired) electrons. The number of ether oxygens (including phenoxy) is 3. The van der Waals surface area contributed by atoms with Crippen molar-refractivity contribution in [2.24, 2.45) is 0 Å². The van der Waals surface area contributed by atoms with Crippen LogP contribution in [-0.2, 0) is 0 Å². The molecule has 0 bridgehead atoms. The number of hydrogen-bond donors (Lipinski definition) is 2. The number of pyridine rings is 1. The number of halogens is 1. The highest BCUT2D eigenvalue weighted by Crippen LogP contribution is 2.32. The van der Waals surface area contributed by atoms with Crippen LogP contribution >= 0.6 is 0 Å². The van der Waals surface area contributed by atoms with Gasteiger partial charge >= 0.3 is 0 Å². The second-order valence-electron chi connectivity index (χ2n) is 7.07. The number of carbonyl (C=O) groups excluding carboxylic acids is 1. The minimum atomic E-state index is -0.813. The summed E-state index contributed by atoms with van der Waals surface area (Å²) >= 11 is 0. The van der Waals surface area contributed by atoms with E-state index in [0.717, 1.165) is 0 Å². The number of Topliss-reactive ketones (excluding diaryl/α,β-unsaturated/α-hetero) is 1. The lowest BCUT2D eigenvalue weighted by atomic mass is 9.97. The maximum Gasteiger partial charge on any atom is 0.212 e. The Morgan fingerprint density at radius 3 is 2.38 bits per heavy atom. The van der Waals surface area contributed by atoms with Gasteiger partial charge in [-0.2, -0.15) is 0 Å². The number of rotatable bonds is 8. The Morgan fingerprint density at radius 1 is 1.00 bits per heavy atom. The molecule has 2 aromatic heterocycles. The predicted octanol–water partition coefficient (Wildman–Crippen LogP) is 4.76. The Labute approximate surface area is 184 Å². The van der Waals surface area contributed by atoms with Gasteiger partial charge in [0.15, 0.2) is 5.78 Å². The van der Waals surface area contributed by atoms with Crippen molar-refractivity contribution in [3.8, 4) is 17.4 Å². The van der Waals surface area contributed by atoms with Crippen LogP contribution in [0.4, 0.5) is 10.1 Å². The van der Waals surface area contributed by atoms with E-state index in [0.29, 0.717) is 45.1 Å². The van der Waals surface area contributed by atoms with Crippen molar-refractivity contribution in [2.45, 2.75) is 6.04 Å². The minimum Gasteiger partial charge on any atom is -0.497 e. The topological polar surface area (TPSA) is 85.5 Å². The van der Waals surface area contributed by atoms with Crippen molar-refractivity contribution < 1.29 is 23.4 Å². The SMILES string of the molecule is COc1cc(NC(C(=O)c2c[nH]c3ccc(F)cc23)c2ccc(OC)nc2)cc(OC)c1. The number of nitrogens with zero attached hydrogens (tertiary/aromatic N) is 1. The largest absolute Gasteiger partial charge is 0.497 e. The number of hydrogen-bond acceptors (Lipinski definition) is 6. The van der Waals surface area contributed by atoms with Gasteiger partial charge in [-0.1, -0.05) is 0 Å². The maximum absolute atomic E-state index is 13.9. The predicted molar refractivity (Wildman–Crippen MR) is 119 cm³/mol. The van der Waals surface area contributed by atoms with E-state index in [1.54, 1.807) is 63.0 Å². The molecule has 1 unspecified atom stereocenters. The molecule has 0 saturated carbocycles. The van der Waals surface area contributed by atoms with E-state index in [-0.39, 0.29) is 5.78 Å². The van der Waals surface area contributed by atoms with Crippen molar-refractivity contribution >= 4 is 22.4 Å². The van der Waals surface area contributed by atoms with Gasteiger partial charge in [-0.15, -0.1) is 0 Å². The first-order chi connectivity index (χ1) is 15.5. The second kappa shape index (κ2) is 8.97. The lowest BCUT2D eigenvalue weighted by Gasteiger charge is -2.20. The molecule has 1 atom stereocenters. The van der Waals surface area contributed by atoms with E-state index < -0.39 is 11.9 Å². The summed E-state index contributed by atoms with van der Waals surface area (Å²) in [6.07, 6.45) is 3.16. The summed E-state index contributed by atoms with van der Waals surface area (Å²) in [6.45, 7) is 0. The number of benzene rings is 2. The molecule has 0 aliphatic rings. The molecule has 2 aromatic carbocycles. The average molecular weight is 435 g/mol. The number of carbonyl (C=O) groups is 1. The normalized spacial score (nSPS) is 11.8. The van der Waals surface area contributed by atoms with Crippen molar-refractivity contribution in [3.63, 3.8) is 0 Å². The highest BCUT2D eigenvalue weighted by atomic mass is 19.1. The number of aromatic nitrogens is 2. The zero-order valence-corrected chi connectivity index (χ0v) is 17.8. The second-order valence-corrected chi connectivity index (χ2v) is 7.07. The van der Waals surface area contributed by atoms with Gasteiger partial charge < -0.3 is 24.5 Å². The third-order valence-electron chi connectivity index (χ3n) is 5.14. The zero-order valence-electron chi connectivity index (χ0n) is 17.8. The highest BCUT2D eigenvalue weighted by Gasteiger charge is 2.25. The molecular weight excluding hydrogens is 413 g/mol. The molecule has 0 amide bonds. The molecule has 0 aliphatic carbocycles. The van der Waals surface area contributed by atoms with Crippen LogP contribution in [0.25, 0.3) is 10.9 Å². The van der Waals surface area contributed by atoms with E-state index >= 15 is 0 Å². The van der Waals surface area contributed by atoms with Crippen LogP contribution in [0.2, 0.25) is 0 Å². The third-order valence-corrected chi connectivity index (χ3v) is 5.14. The molecule has 2 heterocycles. The molecule has 0 saturated heterocycles. The van der Waals surface area contributed by atoms with E-state index in [1.165, 1.54) is 19.2 Å². The molecular formula is C24H22FN3O4. The van der Waals surface area contributed by atoms with Crippen LogP contribution in [0.1, 0.15) is 22.0 Å². The molecule has 7 nitrogen and oxygen atoms in total. The van der Waals surface area contributed by atoms with Gasteiger partial charge in [-0.05, 0) is 24.3 Å². The molecule has 0 aliphatic heterocycles. The van der Waals surface area contributed by atoms with Crippen molar-refractivity contribution in [3.05, 3.63) is 77.9 Å². The van der Waals surface area contributed by atoms with E-state index in [1.807, 2.05) is 0 Å². The molecule has 32 heavy (non-hydrogen) atoms.